The number of hydrogen-bond acceptors (Lipinski definition) is 2. The largest absolute Gasteiger partial charge is 0.308 e. The van der Waals surface area contributed by atoms with Crippen LogP contribution in [0.3, 0.4) is 0 Å². The van der Waals surface area contributed by atoms with Crippen LogP contribution in [0.1, 0.15) is 44.9 Å². The van der Waals surface area contributed by atoms with Crippen molar-refractivity contribution < 1.29 is 0 Å². The number of aromatic nitrogens is 1. The van der Waals surface area contributed by atoms with E-state index in [0.717, 1.165) is 13.0 Å². The van der Waals surface area contributed by atoms with Crippen LogP contribution in [0.15, 0.2) is 18.3 Å². The lowest BCUT2D eigenvalue weighted by Gasteiger charge is -2.20. The zero-order valence-corrected chi connectivity index (χ0v) is 10.6. The van der Waals surface area contributed by atoms with Gasteiger partial charge in [0.15, 0.2) is 0 Å². The van der Waals surface area contributed by atoms with Crippen molar-refractivity contribution in [3.63, 3.8) is 0 Å². The molecule has 0 aliphatic heterocycles. The highest BCUT2D eigenvalue weighted by molar-refractivity contribution is 5.19. The lowest BCUT2D eigenvalue weighted by molar-refractivity contribution is 0.377. The second kappa shape index (κ2) is 4.54. The summed E-state index contributed by atoms with van der Waals surface area (Å²) in [5, 5.41) is 3.61. The quantitative estimate of drug-likeness (QED) is 0.822. The minimum atomic E-state index is 0.543. The maximum atomic E-state index is 4.46. The Balaban J connectivity index is 1.94. The number of nitrogens with zero attached hydrogens (tertiary/aromatic N) is 1. The van der Waals surface area contributed by atoms with Gasteiger partial charge in [0.2, 0.25) is 0 Å². The van der Waals surface area contributed by atoms with Crippen LogP contribution in [-0.2, 0) is 13.0 Å². The van der Waals surface area contributed by atoms with Crippen molar-refractivity contribution in [1.29, 1.82) is 0 Å². The van der Waals surface area contributed by atoms with Crippen molar-refractivity contribution in [3.05, 3.63) is 29.6 Å². The Kier molecular flexibility index (Phi) is 3.29. The number of pyridine rings is 1. The highest BCUT2D eigenvalue weighted by Gasteiger charge is 2.42. The van der Waals surface area contributed by atoms with E-state index in [0.29, 0.717) is 11.5 Å². The molecule has 16 heavy (non-hydrogen) atoms. The topological polar surface area (TPSA) is 24.9 Å². The van der Waals surface area contributed by atoms with Gasteiger partial charge in [0.1, 0.15) is 0 Å². The Labute approximate surface area is 98.5 Å². The molecule has 1 unspecified atom stereocenters. The molecular weight excluding hydrogens is 196 g/mol. The molecule has 1 saturated carbocycles. The molecule has 0 amide bonds. The number of aryl methyl sites for hydroxylation is 1. The van der Waals surface area contributed by atoms with E-state index >= 15 is 0 Å². The van der Waals surface area contributed by atoms with Gasteiger partial charge < -0.3 is 5.32 Å². The van der Waals surface area contributed by atoms with Gasteiger partial charge in [-0.1, -0.05) is 19.9 Å². The maximum Gasteiger partial charge on any atom is 0.0573 e. The first-order chi connectivity index (χ1) is 7.65. The Hall–Kier alpha value is -0.890. The SMILES string of the molecule is CCc1cccnc1CNC(C)C1(C)CC1. The summed E-state index contributed by atoms with van der Waals surface area (Å²) in [5.74, 6) is 0. The summed E-state index contributed by atoms with van der Waals surface area (Å²) in [5.41, 5.74) is 3.12. The van der Waals surface area contributed by atoms with E-state index in [1.54, 1.807) is 0 Å². The molecule has 2 rings (SSSR count). The van der Waals surface area contributed by atoms with E-state index in [1.165, 1.54) is 24.1 Å². The standard InChI is InChI=1S/C14H22N2/c1-4-12-6-5-9-15-13(12)10-16-11(2)14(3)7-8-14/h5-6,9,11,16H,4,7-8,10H2,1-3H3. The molecule has 88 valence electrons. The number of hydrogen-bond donors (Lipinski definition) is 1. The van der Waals surface area contributed by atoms with Gasteiger partial charge in [0, 0.05) is 18.8 Å². The third-order valence-corrected chi connectivity index (χ3v) is 4.03. The summed E-state index contributed by atoms with van der Waals surface area (Å²) < 4.78 is 0. The molecule has 1 heterocycles. The van der Waals surface area contributed by atoms with Crippen molar-refractivity contribution in [2.45, 2.75) is 52.6 Å². The van der Waals surface area contributed by atoms with Crippen molar-refractivity contribution in [3.8, 4) is 0 Å². The molecule has 0 bridgehead atoms. The molecule has 1 aliphatic rings. The summed E-state index contributed by atoms with van der Waals surface area (Å²) in [6.07, 6.45) is 5.68. The number of rotatable bonds is 5. The fourth-order valence-electron chi connectivity index (χ4n) is 2.08. The summed E-state index contributed by atoms with van der Waals surface area (Å²) >= 11 is 0. The first-order valence-corrected chi connectivity index (χ1v) is 6.32. The average molecular weight is 218 g/mol. The van der Waals surface area contributed by atoms with Gasteiger partial charge in [0.25, 0.3) is 0 Å². The zero-order chi connectivity index (χ0) is 11.6. The van der Waals surface area contributed by atoms with Crippen molar-refractivity contribution in [2.75, 3.05) is 0 Å². The maximum absolute atomic E-state index is 4.46. The summed E-state index contributed by atoms with van der Waals surface area (Å²) in [4.78, 5) is 4.46. The van der Waals surface area contributed by atoms with E-state index in [9.17, 15) is 0 Å². The summed E-state index contributed by atoms with van der Waals surface area (Å²) in [7, 11) is 0. The first-order valence-electron chi connectivity index (χ1n) is 6.32. The third kappa shape index (κ3) is 2.43. The highest BCUT2D eigenvalue weighted by atomic mass is 15.0. The van der Waals surface area contributed by atoms with Gasteiger partial charge in [-0.3, -0.25) is 4.98 Å². The van der Waals surface area contributed by atoms with E-state index in [-0.39, 0.29) is 0 Å². The Bertz CT molecular complexity index is 356. The van der Waals surface area contributed by atoms with Gasteiger partial charge in [-0.2, -0.15) is 0 Å². The predicted molar refractivity (Wildman–Crippen MR) is 67.3 cm³/mol. The van der Waals surface area contributed by atoms with Crippen LogP contribution in [0.25, 0.3) is 0 Å². The van der Waals surface area contributed by atoms with Gasteiger partial charge in [-0.25, -0.2) is 0 Å². The molecule has 1 aromatic heterocycles. The lowest BCUT2D eigenvalue weighted by Crippen LogP contribution is -2.33. The minimum Gasteiger partial charge on any atom is -0.308 e. The monoisotopic (exact) mass is 218 g/mol. The summed E-state index contributed by atoms with van der Waals surface area (Å²) in [6, 6.07) is 4.79. The van der Waals surface area contributed by atoms with Gasteiger partial charge in [-0.05, 0) is 43.2 Å². The fraction of sp³-hybridized carbons (Fsp3) is 0.643. The highest BCUT2D eigenvalue weighted by Crippen LogP contribution is 2.47. The molecule has 0 spiro atoms. The zero-order valence-electron chi connectivity index (χ0n) is 10.6. The molecule has 0 saturated heterocycles. The smallest absolute Gasteiger partial charge is 0.0573 e. The van der Waals surface area contributed by atoms with Crippen LogP contribution in [0, 0.1) is 5.41 Å². The van der Waals surface area contributed by atoms with Gasteiger partial charge >= 0.3 is 0 Å². The third-order valence-electron chi connectivity index (χ3n) is 4.03. The number of nitrogens with one attached hydrogen (secondary N) is 1. The van der Waals surface area contributed by atoms with E-state index in [4.69, 9.17) is 0 Å². The van der Waals surface area contributed by atoms with Crippen molar-refractivity contribution in [2.24, 2.45) is 5.41 Å². The molecular formula is C14H22N2. The Morgan fingerprint density at radius 3 is 2.88 bits per heavy atom. The molecule has 1 aromatic rings. The lowest BCUT2D eigenvalue weighted by atomic mass is 10.0. The molecule has 0 aromatic carbocycles. The molecule has 1 aliphatic carbocycles. The van der Waals surface area contributed by atoms with Crippen LogP contribution in [0.4, 0.5) is 0 Å². The van der Waals surface area contributed by atoms with Crippen LogP contribution in [0.5, 0.6) is 0 Å². The van der Waals surface area contributed by atoms with Crippen LogP contribution in [0.2, 0.25) is 0 Å². The first kappa shape index (κ1) is 11.6. The molecule has 2 heteroatoms. The average Bonchev–Trinajstić information content (AvgIpc) is 3.06. The van der Waals surface area contributed by atoms with E-state index < -0.39 is 0 Å². The summed E-state index contributed by atoms with van der Waals surface area (Å²) in [6.45, 7) is 7.75. The van der Waals surface area contributed by atoms with Gasteiger partial charge in [-0.15, -0.1) is 0 Å². The predicted octanol–water partition coefficient (Wildman–Crippen LogP) is 2.92. The van der Waals surface area contributed by atoms with Gasteiger partial charge in [0.05, 0.1) is 5.69 Å². The molecule has 1 fully saturated rings. The van der Waals surface area contributed by atoms with Crippen LogP contribution in [-0.4, -0.2) is 11.0 Å². The van der Waals surface area contributed by atoms with Crippen LogP contribution < -0.4 is 5.32 Å². The fourth-order valence-corrected chi connectivity index (χ4v) is 2.08. The van der Waals surface area contributed by atoms with E-state index in [1.807, 2.05) is 12.3 Å². The van der Waals surface area contributed by atoms with E-state index in [2.05, 4.69) is 37.1 Å². The Morgan fingerprint density at radius 1 is 1.50 bits per heavy atom. The Morgan fingerprint density at radius 2 is 2.25 bits per heavy atom. The second-order valence-electron chi connectivity index (χ2n) is 5.22. The minimum absolute atomic E-state index is 0.543. The molecule has 1 N–H and O–H groups in total. The molecule has 2 nitrogen and oxygen atoms in total. The second-order valence-corrected chi connectivity index (χ2v) is 5.22. The molecule has 1 atom stereocenters. The normalized spacial score (nSPS) is 19.4. The van der Waals surface area contributed by atoms with Crippen LogP contribution >= 0.6 is 0 Å². The molecule has 0 radical (unpaired) electrons. The van der Waals surface area contributed by atoms with Crippen molar-refractivity contribution >= 4 is 0 Å². The van der Waals surface area contributed by atoms with Crippen molar-refractivity contribution in [1.82, 2.24) is 10.3 Å².